The maximum Gasteiger partial charge on any atom is 0.186 e. The Bertz CT molecular complexity index is 382. The number of hydrogen-bond acceptors (Lipinski definition) is 4. The molecule has 0 aromatic carbocycles. The van der Waals surface area contributed by atoms with E-state index in [4.69, 9.17) is 9.78 Å². The molecule has 2 rings (SSSR count). The number of carbonyl (C=O) groups is 1. The van der Waals surface area contributed by atoms with E-state index < -0.39 is 11.2 Å². The molecule has 1 aliphatic heterocycles. The molecule has 0 amide bonds. The van der Waals surface area contributed by atoms with Crippen LogP contribution in [-0.2, 0) is 14.6 Å². The van der Waals surface area contributed by atoms with Crippen LogP contribution in [0.25, 0.3) is 0 Å². The molecule has 108 valence electrons. The molecule has 2 aliphatic rings. The predicted octanol–water partition coefficient (Wildman–Crippen LogP) is 2.41. The van der Waals surface area contributed by atoms with Crippen LogP contribution in [0.5, 0.6) is 0 Å². The summed E-state index contributed by atoms with van der Waals surface area (Å²) in [5.74, 6) is 0.583. The molecule has 0 radical (unpaired) electrons. The predicted molar refractivity (Wildman–Crippen MR) is 71.3 cm³/mol. The molecule has 1 saturated heterocycles. The van der Waals surface area contributed by atoms with Gasteiger partial charge in [-0.2, -0.15) is 0 Å². The number of carbonyl (C=O) groups excluding carboxylic acids is 1. The lowest BCUT2D eigenvalue weighted by atomic mass is 9.72. The summed E-state index contributed by atoms with van der Waals surface area (Å²) in [6.45, 7) is 7.09. The normalized spacial score (nSPS) is 39.5. The first-order valence-electron chi connectivity index (χ1n) is 7.03. The van der Waals surface area contributed by atoms with Gasteiger partial charge in [0, 0.05) is 0 Å². The molecule has 4 nitrogen and oxygen atoms in total. The molecular weight excluding hydrogens is 244 g/mol. The molecule has 1 saturated carbocycles. The van der Waals surface area contributed by atoms with Gasteiger partial charge in [0.15, 0.2) is 5.78 Å². The average molecular weight is 268 g/mol. The Hall–Kier alpha value is -0.710. The molecule has 2 bridgehead atoms. The van der Waals surface area contributed by atoms with E-state index in [1.165, 1.54) is 19.9 Å². The van der Waals surface area contributed by atoms with Crippen LogP contribution < -0.4 is 0 Å². The lowest BCUT2D eigenvalue weighted by Gasteiger charge is -2.46. The number of ketones is 1. The SMILES string of the molecule is C[C@H]1CC[C@@H]2C[C@H]1OOC2(C)/C=C/C(=O)C(C)(C)O. The second kappa shape index (κ2) is 5.00. The third-order valence-electron chi connectivity index (χ3n) is 4.45. The molecule has 0 spiro atoms. The first kappa shape index (κ1) is 14.7. The summed E-state index contributed by atoms with van der Waals surface area (Å²) < 4.78 is 0. The lowest BCUT2D eigenvalue weighted by Crippen LogP contribution is -2.49. The van der Waals surface area contributed by atoms with Gasteiger partial charge in [-0.3, -0.25) is 4.79 Å². The summed E-state index contributed by atoms with van der Waals surface area (Å²) in [4.78, 5) is 22.8. The smallest absolute Gasteiger partial charge is 0.186 e. The van der Waals surface area contributed by atoms with Crippen molar-refractivity contribution in [2.75, 3.05) is 0 Å². The van der Waals surface area contributed by atoms with Crippen molar-refractivity contribution in [2.24, 2.45) is 11.8 Å². The molecule has 2 fully saturated rings. The Morgan fingerprint density at radius 2 is 2.11 bits per heavy atom. The average Bonchev–Trinajstić information content (AvgIpc) is 2.33. The van der Waals surface area contributed by atoms with Crippen molar-refractivity contribution < 1.29 is 19.7 Å². The fraction of sp³-hybridized carbons (Fsp3) is 0.800. The van der Waals surface area contributed by atoms with Crippen LogP contribution in [0, 0.1) is 11.8 Å². The number of aliphatic hydroxyl groups is 1. The van der Waals surface area contributed by atoms with Crippen molar-refractivity contribution in [2.45, 2.75) is 64.3 Å². The van der Waals surface area contributed by atoms with E-state index >= 15 is 0 Å². The minimum atomic E-state index is -1.34. The van der Waals surface area contributed by atoms with Crippen molar-refractivity contribution in [3.05, 3.63) is 12.2 Å². The van der Waals surface area contributed by atoms with E-state index in [0.29, 0.717) is 11.8 Å². The molecule has 1 aliphatic carbocycles. The van der Waals surface area contributed by atoms with Gasteiger partial charge in [-0.05, 0) is 64.0 Å². The van der Waals surface area contributed by atoms with Gasteiger partial charge in [0.1, 0.15) is 11.2 Å². The summed E-state index contributed by atoms with van der Waals surface area (Å²) >= 11 is 0. The molecule has 0 aromatic rings. The van der Waals surface area contributed by atoms with Crippen LogP contribution in [0.2, 0.25) is 0 Å². The van der Waals surface area contributed by atoms with Gasteiger partial charge in [-0.1, -0.05) is 6.92 Å². The highest BCUT2D eigenvalue weighted by Crippen LogP contribution is 2.44. The second-order valence-electron chi connectivity index (χ2n) is 6.65. The van der Waals surface area contributed by atoms with E-state index in [0.717, 1.165) is 19.3 Å². The standard InChI is InChI=1S/C15H24O4/c1-10-5-6-11-9-12(10)18-19-15(11,4)8-7-13(16)14(2,3)17/h7-8,10-12,17H,5-6,9H2,1-4H3/b8-7+/t10-,11+,12+,15?/m0/s1. The van der Waals surface area contributed by atoms with Crippen LogP contribution in [0.15, 0.2) is 12.2 Å². The van der Waals surface area contributed by atoms with E-state index in [1.807, 2.05) is 6.92 Å². The van der Waals surface area contributed by atoms with Gasteiger partial charge in [0.2, 0.25) is 0 Å². The van der Waals surface area contributed by atoms with Gasteiger partial charge in [-0.15, -0.1) is 0 Å². The van der Waals surface area contributed by atoms with Gasteiger partial charge in [-0.25, -0.2) is 9.78 Å². The van der Waals surface area contributed by atoms with Crippen LogP contribution in [0.4, 0.5) is 0 Å². The summed E-state index contributed by atoms with van der Waals surface area (Å²) in [6, 6.07) is 0. The Kier molecular flexibility index (Phi) is 3.87. The zero-order valence-corrected chi connectivity index (χ0v) is 12.2. The quantitative estimate of drug-likeness (QED) is 0.631. The second-order valence-corrected chi connectivity index (χ2v) is 6.65. The molecule has 4 atom stereocenters. The molecule has 1 unspecified atom stereocenters. The van der Waals surface area contributed by atoms with Crippen LogP contribution in [0.3, 0.4) is 0 Å². The van der Waals surface area contributed by atoms with Crippen LogP contribution in [0.1, 0.15) is 47.0 Å². The molecule has 4 heteroatoms. The van der Waals surface area contributed by atoms with Crippen molar-refractivity contribution in [1.29, 1.82) is 0 Å². The van der Waals surface area contributed by atoms with E-state index in [-0.39, 0.29) is 11.9 Å². The van der Waals surface area contributed by atoms with Crippen LogP contribution >= 0.6 is 0 Å². The maximum absolute atomic E-state index is 11.7. The Morgan fingerprint density at radius 3 is 2.74 bits per heavy atom. The number of hydrogen-bond donors (Lipinski definition) is 1. The fourth-order valence-electron chi connectivity index (χ4n) is 2.78. The van der Waals surface area contributed by atoms with E-state index in [2.05, 4.69) is 6.92 Å². The van der Waals surface area contributed by atoms with Gasteiger partial charge >= 0.3 is 0 Å². The highest BCUT2D eigenvalue weighted by atomic mass is 17.2. The zero-order chi connectivity index (χ0) is 14.3. The van der Waals surface area contributed by atoms with E-state index in [1.54, 1.807) is 6.08 Å². The van der Waals surface area contributed by atoms with Crippen molar-refractivity contribution in [3.8, 4) is 0 Å². The highest BCUT2D eigenvalue weighted by molar-refractivity contribution is 5.96. The summed E-state index contributed by atoms with van der Waals surface area (Å²) in [7, 11) is 0. The number of rotatable bonds is 3. The fourth-order valence-corrected chi connectivity index (χ4v) is 2.78. The largest absolute Gasteiger partial charge is 0.382 e. The zero-order valence-electron chi connectivity index (χ0n) is 12.2. The van der Waals surface area contributed by atoms with E-state index in [9.17, 15) is 9.90 Å². The van der Waals surface area contributed by atoms with Gasteiger partial charge < -0.3 is 5.11 Å². The van der Waals surface area contributed by atoms with Gasteiger partial charge in [0.25, 0.3) is 0 Å². The minimum absolute atomic E-state index is 0.171. The minimum Gasteiger partial charge on any atom is -0.382 e. The first-order chi connectivity index (χ1) is 8.72. The summed E-state index contributed by atoms with van der Waals surface area (Å²) in [6.07, 6.45) is 6.51. The molecule has 1 heterocycles. The third kappa shape index (κ3) is 3.07. The topological polar surface area (TPSA) is 55.8 Å². The van der Waals surface area contributed by atoms with Crippen molar-refractivity contribution >= 4 is 5.78 Å². The molecular formula is C15H24O4. The lowest BCUT2D eigenvalue weighted by molar-refractivity contribution is -0.421. The molecule has 0 aromatic heterocycles. The summed E-state index contributed by atoms with van der Waals surface area (Å²) in [5.41, 5.74) is -1.91. The van der Waals surface area contributed by atoms with Crippen molar-refractivity contribution in [3.63, 3.8) is 0 Å². The maximum atomic E-state index is 11.7. The Labute approximate surface area is 114 Å². The van der Waals surface area contributed by atoms with Crippen LogP contribution in [-0.4, -0.2) is 28.2 Å². The Morgan fingerprint density at radius 1 is 1.42 bits per heavy atom. The third-order valence-corrected chi connectivity index (χ3v) is 4.45. The summed E-state index contributed by atoms with van der Waals surface area (Å²) in [5, 5.41) is 9.64. The molecule has 19 heavy (non-hydrogen) atoms. The van der Waals surface area contributed by atoms with Gasteiger partial charge in [0.05, 0.1) is 6.10 Å². The monoisotopic (exact) mass is 268 g/mol. The highest BCUT2D eigenvalue weighted by Gasteiger charge is 2.45. The molecule has 1 N–H and O–H groups in total. The Balaban J connectivity index is 2.07. The first-order valence-corrected chi connectivity index (χ1v) is 7.03. The van der Waals surface area contributed by atoms with Crippen molar-refractivity contribution in [1.82, 2.24) is 0 Å². The number of fused-ring (bicyclic) bond motifs is 2.